The minimum atomic E-state index is -4.48. The summed E-state index contributed by atoms with van der Waals surface area (Å²) in [5, 5.41) is 2.55. The summed E-state index contributed by atoms with van der Waals surface area (Å²) in [4.78, 5) is 17.3. The van der Waals surface area contributed by atoms with E-state index in [1.54, 1.807) is 23.8 Å². The van der Waals surface area contributed by atoms with Gasteiger partial charge in [0.25, 0.3) is 0 Å². The molecule has 158 valence electrons. The van der Waals surface area contributed by atoms with Gasteiger partial charge in [0, 0.05) is 11.3 Å². The number of halogens is 3. The van der Waals surface area contributed by atoms with Crippen molar-refractivity contribution in [2.75, 3.05) is 12.4 Å². The molecule has 1 heterocycles. The maximum Gasteiger partial charge on any atom is 0.416 e. The lowest BCUT2D eigenvalue weighted by Gasteiger charge is -2.12. The van der Waals surface area contributed by atoms with Gasteiger partial charge in [-0.15, -0.1) is 0 Å². The van der Waals surface area contributed by atoms with Gasteiger partial charge in [-0.3, -0.25) is 4.79 Å². The Morgan fingerprint density at radius 3 is 2.48 bits per heavy atom. The number of alkyl halides is 3. The fourth-order valence-corrected chi connectivity index (χ4v) is 3.31. The first kappa shape index (κ1) is 20.5. The molecule has 0 bridgehead atoms. The fourth-order valence-electron chi connectivity index (χ4n) is 3.31. The van der Waals surface area contributed by atoms with Gasteiger partial charge in [0.15, 0.2) is 0 Å². The third-order valence-corrected chi connectivity index (χ3v) is 4.78. The molecule has 1 aromatic heterocycles. The zero-order valence-corrected chi connectivity index (χ0v) is 16.5. The fraction of sp³-hybridized carbons (Fsp3) is 0.130. The summed E-state index contributed by atoms with van der Waals surface area (Å²) >= 11 is 0. The van der Waals surface area contributed by atoms with Gasteiger partial charge in [-0.2, -0.15) is 13.2 Å². The average Bonchev–Trinajstić information content (AvgIpc) is 3.12. The Bertz CT molecular complexity index is 1230. The van der Waals surface area contributed by atoms with Crippen molar-refractivity contribution in [3.8, 4) is 17.1 Å². The summed E-state index contributed by atoms with van der Waals surface area (Å²) in [6, 6.07) is 19.2. The SMILES string of the molecule is COc1ccc(-c2nc3ccccc3n2CC(=O)Nc2cccc(C(F)(F)F)c2)cc1. The minimum Gasteiger partial charge on any atom is -0.497 e. The Labute approximate surface area is 176 Å². The molecule has 5 nitrogen and oxygen atoms in total. The lowest BCUT2D eigenvalue weighted by molar-refractivity contribution is -0.137. The molecule has 0 fully saturated rings. The maximum absolute atomic E-state index is 12.9. The standard InChI is InChI=1S/C23H18F3N3O2/c1-31-18-11-9-15(10-12-18)22-28-19-7-2-3-8-20(19)29(22)14-21(30)27-17-6-4-5-16(13-17)23(24,25)26/h2-13H,14H2,1H3,(H,27,30). The number of rotatable bonds is 5. The monoisotopic (exact) mass is 425 g/mol. The van der Waals surface area contributed by atoms with Crippen LogP contribution in [0.4, 0.5) is 18.9 Å². The summed E-state index contributed by atoms with van der Waals surface area (Å²) in [7, 11) is 1.57. The lowest BCUT2D eigenvalue weighted by Crippen LogP contribution is -2.19. The molecule has 0 atom stereocenters. The molecule has 0 saturated heterocycles. The van der Waals surface area contributed by atoms with Gasteiger partial charge in [-0.05, 0) is 54.6 Å². The largest absolute Gasteiger partial charge is 0.497 e. The van der Waals surface area contributed by atoms with E-state index in [1.807, 2.05) is 36.4 Å². The van der Waals surface area contributed by atoms with Gasteiger partial charge in [-0.1, -0.05) is 18.2 Å². The van der Waals surface area contributed by atoms with Crippen molar-refractivity contribution in [1.29, 1.82) is 0 Å². The molecule has 3 aromatic carbocycles. The second kappa shape index (κ2) is 8.14. The number of hydrogen-bond donors (Lipinski definition) is 1. The molecule has 0 spiro atoms. The molecule has 4 rings (SSSR count). The van der Waals surface area contributed by atoms with Crippen LogP contribution in [0.5, 0.6) is 5.75 Å². The Hall–Kier alpha value is -3.81. The van der Waals surface area contributed by atoms with Gasteiger partial charge in [0.2, 0.25) is 5.91 Å². The molecule has 8 heteroatoms. The van der Waals surface area contributed by atoms with Gasteiger partial charge < -0.3 is 14.6 Å². The number of anilines is 1. The van der Waals surface area contributed by atoms with Crippen LogP contribution in [0, 0.1) is 0 Å². The first-order valence-electron chi connectivity index (χ1n) is 9.42. The summed E-state index contributed by atoms with van der Waals surface area (Å²) in [5.41, 5.74) is 1.49. The highest BCUT2D eigenvalue weighted by atomic mass is 19.4. The molecule has 0 aliphatic carbocycles. The molecule has 1 N–H and O–H groups in total. The first-order valence-corrected chi connectivity index (χ1v) is 9.42. The van der Waals surface area contributed by atoms with Crippen LogP contribution in [-0.2, 0) is 17.5 Å². The third kappa shape index (κ3) is 4.37. The zero-order valence-electron chi connectivity index (χ0n) is 16.5. The summed E-state index contributed by atoms with van der Waals surface area (Å²) < 4.78 is 45.8. The van der Waals surface area contributed by atoms with Crippen LogP contribution in [0.3, 0.4) is 0 Å². The number of ether oxygens (including phenoxy) is 1. The van der Waals surface area contributed by atoms with Gasteiger partial charge in [0.1, 0.15) is 18.1 Å². The highest BCUT2D eigenvalue weighted by Crippen LogP contribution is 2.31. The molecule has 0 saturated carbocycles. The van der Waals surface area contributed by atoms with E-state index in [0.29, 0.717) is 17.1 Å². The second-order valence-electron chi connectivity index (χ2n) is 6.87. The van der Waals surface area contributed by atoms with E-state index in [4.69, 9.17) is 4.74 Å². The molecule has 31 heavy (non-hydrogen) atoms. The van der Waals surface area contributed by atoms with Crippen LogP contribution in [0.2, 0.25) is 0 Å². The molecule has 1 amide bonds. The highest BCUT2D eigenvalue weighted by Gasteiger charge is 2.30. The van der Waals surface area contributed by atoms with Crippen molar-refractivity contribution in [3.05, 3.63) is 78.4 Å². The van der Waals surface area contributed by atoms with Crippen molar-refractivity contribution >= 4 is 22.6 Å². The van der Waals surface area contributed by atoms with Crippen molar-refractivity contribution in [2.45, 2.75) is 12.7 Å². The van der Waals surface area contributed by atoms with Crippen molar-refractivity contribution in [1.82, 2.24) is 9.55 Å². The van der Waals surface area contributed by atoms with E-state index in [2.05, 4.69) is 10.3 Å². The smallest absolute Gasteiger partial charge is 0.416 e. The Kier molecular flexibility index (Phi) is 5.37. The van der Waals surface area contributed by atoms with E-state index in [9.17, 15) is 18.0 Å². The van der Waals surface area contributed by atoms with Crippen molar-refractivity contribution in [2.24, 2.45) is 0 Å². The minimum absolute atomic E-state index is 0.0789. The van der Waals surface area contributed by atoms with Crippen LogP contribution < -0.4 is 10.1 Å². The van der Waals surface area contributed by atoms with E-state index in [-0.39, 0.29) is 12.2 Å². The molecular weight excluding hydrogens is 407 g/mol. The van der Waals surface area contributed by atoms with E-state index in [1.165, 1.54) is 12.1 Å². The summed E-state index contributed by atoms with van der Waals surface area (Å²) in [6.07, 6.45) is -4.48. The Morgan fingerprint density at radius 2 is 1.77 bits per heavy atom. The van der Waals surface area contributed by atoms with E-state index >= 15 is 0 Å². The number of imidazole rings is 1. The first-order chi connectivity index (χ1) is 14.8. The number of carbonyl (C=O) groups is 1. The second-order valence-corrected chi connectivity index (χ2v) is 6.87. The number of amides is 1. The van der Waals surface area contributed by atoms with Crippen LogP contribution in [0.15, 0.2) is 72.8 Å². The molecule has 0 aliphatic rings. The number of nitrogens with zero attached hydrogens (tertiary/aromatic N) is 2. The van der Waals surface area contributed by atoms with Crippen LogP contribution in [0.1, 0.15) is 5.56 Å². The number of benzene rings is 3. The van der Waals surface area contributed by atoms with Gasteiger partial charge in [-0.25, -0.2) is 4.98 Å². The topological polar surface area (TPSA) is 56.2 Å². The predicted molar refractivity (Wildman–Crippen MR) is 112 cm³/mol. The predicted octanol–water partition coefficient (Wildman–Crippen LogP) is 5.37. The quantitative estimate of drug-likeness (QED) is 0.468. The highest BCUT2D eigenvalue weighted by molar-refractivity contribution is 5.92. The van der Waals surface area contributed by atoms with Crippen LogP contribution in [-0.4, -0.2) is 22.6 Å². The Morgan fingerprint density at radius 1 is 1.03 bits per heavy atom. The number of carbonyl (C=O) groups excluding carboxylic acids is 1. The molecule has 4 aromatic rings. The van der Waals surface area contributed by atoms with Crippen LogP contribution >= 0.6 is 0 Å². The number of nitrogens with one attached hydrogen (secondary N) is 1. The number of methoxy groups -OCH3 is 1. The molecule has 0 unspecified atom stereocenters. The molecular formula is C23H18F3N3O2. The number of aromatic nitrogens is 2. The molecule has 0 radical (unpaired) electrons. The number of hydrogen-bond acceptors (Lipinski definition) is 3. The van der Waals surface area contributed by atoms with Gasteiger partial charge in [0.05, 0.1) is 23.7 Å². The van der Waals surface area contributed by atoms with Crippen LogP contribution in [0.25, 0.3) is 22.4 Å². The summed E-state index contributed by atoms with van der Waals surface area (Å²) in [6.45, 7) is -0.113. The number of fused-ring (bicyclic) bond motifs is 1. The van der Waals surface area contributed by atoms with Crippen molar-refractivity contribution in [3.63, 3.8) is 0 Å². The van der Waals surface area contributed by atoms with Gasteiger partial charge >= 0.3 is 6.18 Å². The third-order valence-electron chi connectivity index (χ3n) is 4.78. The zero-order chi connectivity index (χ0) is 22.0. The average molecular weight is 425 g/mol. The van der Waals surface area contributed by atoms with E-state index < -0.39 is 17.6 Å². The number of para-hydroxylation sites is 2. The lowest BCUT2D eigenvalue weighted by atomic mass is 10.2. The normalized spacial score (nSPS) is 11.5. The van der Waals surface area contributed by atoms with E-state index in [0.717, 1.165) is 23.2 Å². The summed E-state index contributed by atoms with van der Waals surface area (Å²) in [5.74, 6) is 0.800. The maximum atomic E-state index is 12.9. The van der Waals surface area contributed by atoms with Crippen molar-refractivity contribution < 1.29 is 22.7 Å². The Balaban J connectivity index is 1.65. The molecule has 0 aliphatic heterocycles.